The van der Waals surface area contributed by atoms with E-state index in [1.54, 1.807) is 25.1 Å². The summed E-state index contributed by atoms with van der Waals surface area (Å²) in [4.78, 5) is 26.8. The molecule has 13 heteroatoms. The Bertz CT molecular complexity index is 1350. The number of methoxy groups -OCH3 is 1. The number of hydrazone groups is 1. The first-order valence-corrected chi connectivity index (χ1v) is 11.0. The zero-order valence-corrected chi connectivity index (χ0v) is 20.7. The molecule has 3 rings (SSSR count). The monoisotopic (exact) mass is 561 g/mol. The molecule has 35 heavy (non-hydrogen) atoms. The molecule has 0 aliphatic carbocycles. The van der Waals surface area contributed by atoms with E-state index < -0.39 is 17.4 Å². The van der Waals surface area contributed by atoms with Crippen molar-refractivity contribution < 1.29 is 23.6 Å². The number of nitrogens with zero attached hydrogens (tertiary/aromatic N) is 4. The van der Waals surface area contributed by atoms with Crippen LogP contribution in [0.1, 0.15) is 22.6 Å². The highest BCUT2D eigenvalue weighted by molar-refractivity contribution is 9.10. The maximum atomic E-state index is 12.1. The number of nitro benzene ring substituents is 1. The number of aryl methyl sites for hydroxylation is 1. The molecule has 0 saturated carbocycles. The van der Waals surface area contributed by atoms with Crippen molar-refractivity contribution in [3.05, 3.63) is 72.5 Å². The Morgan fingerprint density at radius 2 is 2.20 bits per heavy atom. The highest BCUT2D eigenvalue weighted by Crippen LogP contribution is 2.31. The molecular weight excluding hydrogens is 546 g/mol. The van der Waals surface area contributed by atoms with Crippen molar-refractivity contribution in [3.8, 4) is 23.3 Å². The third kappa shape index (κ3) is 6.21. The van der Waals surface area contributed by atoms with Gasteiger partial charge in [0.2, 0.25) is 5.88 Å². The first-order chi connectivity index (χ1) is 16.7. The number of benzene rings is 1. The van der Waals surface area contributed by atoms with Gasteiger partial charge in [-0.1, -0.05) is 11.6 Å². The van der Waals surface area contributed by atoms with E-state index in [1.165, 1.54) is 25.5 Å². The molecule has 2 aromatic heterocycles. The van der Waals surface area contributed by atoms with E-state index in [2.05, 4.69) is 31.4 Å². The lowest BCUT2D eigenvalue weighted by Crippen LogP contribution is -2.25. The fourth-order valence-electron chi connectivity index (χ4n) is 2.93. The molecule has 0 spiro atoms. The van der Waals surface area contributed by atoms with Gasteiger partial charge in [-0.05, 0) is 47.1 Å². The second-order valence-corrected chi connectivity index (χ2v) is 8.12. The molecular formula is C22H17BrClN5O6. The lowest BCUT2D eigenvalue weighted by Gasteiger charge is -2.13. The third-order valence-electron chi connectivity index (χ3n) is 4.54. The fraction of sp³-hybridized carbons (Fsp3) is 0.182. The molecule has 1 aromatic carbocycles. The predicted molar refractivity (Wildman–Crippen MR) is 129 cm³/mol. The van der Waals surface area contributed by atoms with E-state index >= 15 is 0 Å². The number of pyridine rings is 1. The summed E-state index contributed by atoms with van der Waals surface area (Å²) < 4.78 is 16.8. The van der Waals surface area contributed by atoms with Crippen molar-refractivity contribution >= 4 is 45.3 Å². The van der Waals surface area contributed by atoms with Crippen LogP contribution < -0.4 is 10.2 Å². The van der Waals surface area contributed by atoms with Gasteiger partial charge in [0.1, 0.15) is 28.2 Å². The molecule has 0 bridgehead atoms. The highest BCUT2D eigenvalue weighted by atomic mass is 79.9. The van der Waals surface area contributed by atoms with Crippen LogP contribution in [0.5, 0.6) is 5.88 Å². The number of furan rings is 1. The molecule has 180 valence electrons. The number of nitriles is 1. The Kier molecular flexibility index (Phi) is 8.53. The summed E-state index contributed by atoms with van der Waals surface area (Å²) in [7, 11) is 1.50. The van der Waals surface area contributed by atoms with E-state index in [0.29, 0.717) is 32.8 Å². The van der Waals surface area contributed by atoms with E-state index in [9.17, 15) is 20.2 Å². The van der Waals surface area contributed by atoms with Crippen molar-refractivity contribution in [2.24, 2.45) is 5.10 Å². The molecule has 0 unspecified atom stereocenters. The summed E-state index contributed by atoms with van der Waals surface area (Å²) in [6.07, 6.45) is 1.26. The van der Waals surface area contributed by atoms with Gasteiger partial charge in [-0.15, -0.1) is 0 Å². The molecule has 2 heterocycles. The van der Waals surface area contributed by atoms with Gasteiger partial charge in [0.15, 0.2) is 6.61 Å². The van der Waals surface area contributed by atoms with E-state index in [0.717, 1.165) is 0 Å². The van der Waals surface area contributed by atoms with Crippen LogP contribution in [0.4, 0.5) is 5.69 Å². The number of hydrogen-bond donors (Lipinski definition) is 1. The number of carbonyl (C=O) groups excluding carboxylic acids is 1. The summed E-state index contributed by atoms with van der Waals surface area (Å²) >= 11 is 9.21. The molecule has 0 atom stereocenters. The Balaban J connectivity index is 1.63. The van der Waals surface area contributed by atoms with Crippen molar-refractivity contribution in [1.82, 2.24) is 10.4 Å². The fourth-order valence-corrected chi connectivity index (χ4v) is 3.52. The maximum Gasteiger partial charge on any atom is 0.288 e. The quantitative estimate of drug-likeness (QED) is 0.227. The zero-order valence-electron chi connectivity index (χ0n) is 18.4. The Hall–Kier alpha value is -3.79. The van der Waals surface area contributed by atoms with Gasteiger partial charge < -0.3 is 13.9 Å². The number of nitro groups is 1. The number of carbonyl (C=O) groups is 1. The Morgan fingerprint density at radius 1 is 1.43 bits per heavy atom. The van der Waals surface area contributed by atoms with Crippen LogP contribution in [0.15, 0.2) is 44.3 Å². The van der Waals surface area contributed by atoms with Gasteiger partial charge in [0.05, 0.1) is 23.4 Å². The second-order valence-electron chi connectivity index (χ2n) is 6.92. The van der Waals surface area contributed by atoms with E-state index in [1.807, 2.05) is 6.07 Å². The highest BCUT2D eigenvalue weighted by Gasteiger charge is 2.19. The number of rotatable bonds is 9. The van der Waals surface area contributed by atoms with Crippen LogP contribution in [0, 0.1) is 28.4 Å². The molecule has 0 fully saturated rings. The summed E-state index contributed by atoms with van der Waals surface area (Å²) in [6, 6.07) is 9.48. The zero-order chi connectivity index (χ0) is 25.5. The topological polar surface area (TPSA) is 153 Å². The molecule has 11 nitrogen and oxygen atoms in total. The van der Waals surface area contributed by atoms with Crippen molar-refractivity contribution in [2.75, 3.05) is 13.7 Å². The molecule has 1 N–H and O–H groups in total. The summed E-state index contributed by atoms with van der Waals surface area (Å²) in [5.41, 5.74) is 3.79. The minimum Gasteiger partial charge on any atom is -0.467 e. The lowest BCUT2D eigenvalue weighted by atomic mass is 10.1. The normalized spacial score (nSPS) is 10.8. The minimum absolute atomic E-state index is 0.00659. The Morgan fingerprint density at radius 3 is 2.89 bits per heavy atom. The summed E-state index contributed by atoms with van der Waals surface area (Å²) in [6.45, 7) is 1.44. The largest absolute Gasteiger partial charge is 0.467 e. The maximum absolute atomic E-state index is 12.1. The average Bonchev–Trinajstić information content (AvgIpc) is 3.30. The smallest absolute Gasteiger partial charge is 0.288 e. The lowest BCUT2D eigenvalue weighted by molar-refractivity contribution is -0.384. The summed E-state index contributed by atoms with van der Waals surface area (Å²) in [5.74, 6) is 0.0569. The standard InChI is InChI=1S/C22H17BrClN5O6/c1-12-21(23)16(10-33-2)15(8-25)22(27-12)34-11-20(30)28-26-9-14-4-6-19(35-14)13-3-5-17(24)18(7-13)29(31)32/h3-7,9H,10-11H2,1-2H3,(H,28,30)/b26-9+. The Labute approximate surface area is 212 Å². The van der Waals surface area contributed by atoms with Crippen molar-refractivity contribution in [3.63, 3.8) is 0 Å². The number of ether oxygens (including phenoxy) is 2. The predicted octanol–water partition coefficient (Wildman–Crippen LogP) is 4.52. The molecule has 0 aliphatic rings. The molecule has 0 saturated heterocycles. The van der Waals surface area contributed by atoms with Crippen LogP contribution in [0.2, 0.25) is 5.02 Å². The minimum atomic E-state index is -0.596. The van der Waals surface area contributed by atoms with Crippen molar-refractivity contribution in [2.45, 2.75) is 13.5 Å². The van der Waals surface area contributed by atoms with Gasteiger partial charge in [0.25, 0.3) is 11.6 Å². The van der Waals surface area contributed by atoms with E-state index in [4.69, 9.17) is 25.5 Å². The van der Waals surface area contributed by atoms with Crippen LogP contribution in [0.25, 0.3) is 11.3 Å². The van der Waals surface area contributed by atoms with Gasteiger partial charge in [-0.2, -0.15) is 10.4 Å². The number of hydrogen-bond acceptors (Lipinski definition) is 9. The third-order valence-corrected chi connectivity index (χ3v) is 5.92. The number of aromatic nitrogens is 1. The number of amides is 1. The molecule has 0 radical (unpaired) electrons. The molecule has 0 aliphatic heterocycles. The van der Waals surface area contributed by atoms with Gasteiger partial charge in [-0.25, -0.2) is 10.4 Å². The average molecular weight is 563 g/mol. The second kappa shape index (κ2) is 11.6. The van der Waals surface area contributed by atoms with Gasteiger partial charge in [0, 0.05) is 28.8 Å². The molecule has 3 aromatic rings. The first-order valence-electron chi connectivity index (χ1n) is 9.82. The number of halogens is 2. The number of nitrogens with one attached hydrogen (secondary N) is 1. The molecule has 1 amide bonds. The van der Waals surface area contributed by atoms with Gasteiger partial charge in [-0.3, -0.25) is 14.9 Å². The van der Waals surface area contributed by atoms with Gasteiger partial charge >= 0.3 is 0 Å². The first kappa shape index (κ1) is 25.8. The van der Waals surface area contributed by atoms with Crippen LogP contribution in [0.3, 0.4) is 0 Å². The van der Waals surface area contributed by atoms with Crippen LogP contribution >= 0.6 is 27.5 Å². The van der Waals surface area contributed by atoms with E-state index in [-0.39, 0.29) is 28.8 Å². The van der Waals surface area contributed by atoms with Crippen molar-refractivity contribution in [1.29, 1.82) is 5.26 Å². The SMILES string of the molecule is COCc1c(Br)c(C)nc(OCC(=O)N/N=C/c2ccc(-c3ccc(Cl)c([N+](=O)[O-])c3)o2)c1C#N. The van der Waals surface area contributed by atoms with Crippen LogP contribution in [-0.4, -0.2) is 35.7 Å². The summed E-state index contributed by atoms with van der Waals surface area (Å²) in [5, 5.41) is 24.4. The van der Waals surface area contributed by atoms with Crippen LogP contribution in [-0.2, 0) is 16.1 Å².